The van der Waals surface area contributed by atoms with Gasteiger partial charge in [-0.3, -0.25) is 4.79 Å². The highest BCUT2D eigenvalue weighted by molar-refractivity contribution is 5.81. The molecule has 4 nitrogen and oxygen atoms in total. The highest BCUT2D eigenvalue weighted by Gasteiger charge is 2.19. The van der Waals surface area contributed by atoms with E-state index in [0.717, 1.165) is 37.2 Å². The second-order valence-electron chi connectivity index (χ2n) is 8.23. The molecule has 1 aliphatic carbocycles. The van der Waals surface area contributed by atoms with E-state index in [4.69, 9.17) is 4.74 Å². The van der Waals surface area contributed by atoms with Gasteiger partial charge in [-0.2, -0.15) is 0 Å². The van der Waals surface area contributed by atoms with Crippen LogP contribution in [0.1, 0.15) is 55.7 Å². The Kier molecular flexibility index (Phi) is 6.38. The van der Waals surface area contributed by atoms with Crippen LogP contribution in [0.5, 0.6) is 5.75 Å². The molecule has 1 atom stereocenters. The molecule has 1 amide bonds. The second-order valence-corrected chi connectivity index (χ2v) is 8.23. The molecule has 1 fully saturated rings. The van der Waals surface area contributed by atoms with Gasteiger partial charge in [0.1, 0.15) is 5.75 Å². The molecule has 1 N–H and O–H groups in total. The van der Waals surface area contributed by atoms with Crippen molar-refractivity contribution in [2.75, 3.05) is 18.0 Å². The number of hydrogen-bond acceptors (Lipinski definition) is 3. The molecular formula is C25H32N2O2. The smallest absolute Gasteiger partial charge is 0.261 e. The number of benzene rings is 2. The van der Waals surface area contributed by atoms with E-state index in [1.165, 1.54) is 42.5 Å². The molecule has 4 rings (SSSR count). The van der Waals surface area contributed by atoms with Gasteiger partial charge in [0.2, 0.25) is 0 Å². The number of hydrogen-bond donors (Lipinski definition) is 1. The Morgan fingerprint density at radius 2 is 1.72 bits per heavy atom. The molecule has 2 aromatic carbocycles. The fourth-order valence-corrected chi connectivity index (χ4v) is 4.37. The minimum absolute atomic E-state index is 0.0474. The number of rotatable bonds is 7. The number of carbonyl (C=O) groups is 1. The molecule has 1 unspecified atom stereocenters. The topological polar surface area (TPSA) is 41.6 Å². The molecule has 29 heavy (non-hydrogen) atoms. The van der Waals surface area contributed by atoms with Crippen LogP contribution >= 0.6 is 0 Å². The zero-order valence-electron chi connectivity index (χ0n) is 17.5. The number of nitrogens with zero attached hydrogens (tertiary/aromatic N) is 1. The Balaban J connectivity index is 1.31. The van der Waals surface area contributed by atoms with Gasteiger partial charge in [-0.15, -0.1) is 0 Å². The van der Waals surface area contributed by atoms with Crippen molar-refractivity contribution < 1.29 is 9.53 Å². The van der Waals surface area contributed by atoms with Gasteiger partial charge in [0.25, 0.3) is 5.91 Å². The summed E-state index contributed by atoms with van der Waals surface area (Å²) in [4.78, 5) is 15.1. The zero-order chi connectivity index (χ0) is 20.1. The van der Waals surface area contributed by atoms with Gasteiger partial charge in [0.15, 0.2) is 6.10 Å². The molecule has 1 heterocycles. The normalized spacial score (nSPS) is 16.9. The molecule has 0 bridgehead atoms. The van der Waals surface area contributed by atoms with Crippen molar-refractivity contribution >= 4 is 11.6 Å². The molecule has 0 aromatic heterocycles. The molecular weight excluding hydrogens is 360 g/mol. The summed E-state index contributed by atoms with van der Waals surface area (Å²) in [6.45, 7) is 4.82. The maximum Gasteiger partial charge on any atom is 0.261 e. The van der Waals surface area contributed by atoms with E-state index < -0.39 is 6.10 Å². The Bertz CT molecular complexity index is 825. The fourth-order valence-electron chi connectivity index (χ4n) is 4.37. The first-order chi connectivity index (χ1) is 14.2. The predicted molar refractivity (Wildman–Crippen MR) is 118 cm³/mol. The summed E-state index contributed by atoms with van der Waals surface area (Å²) in [6.07, 6.45) is 7.53. The van der Waals surface area contributed by atoms with Gasteiger partial charge in [0, 0.05) is 25.3 Å². The summed E-state index contributed by atoms with van der Waals surface area (Å²) in [6, 6.07) is 14.8. The molecule has 4 heteroatoms. The van der Waals surface area contributed by atoms with E-state index in [9.17, 15) is 4.79 Å². The van der Waals surface area contributed by atoms with Crippen LogP contribution in [0.4, 0.5) is 5.69 Å². The van der Waals surface area contributed by atoms with Gasteiger partial charge in [-0.25, -0.2) is 0 Å². The lowest BCUT2D eigenvalue weighted by Gasteiger charge is -2.21. The molecule has 154 valence electrons. The van der Waals surface area contributed by atoms with Gasteiger partial charge in [-0.1, -0.05) is 25.1 Å². The maximum absolute atomic E-state index is 12.7. The van der Waals surface area contributed by atoms with E-state index in [1.807, 2.05) is 13.0 Å². The van der Waals surface area contributed by atoms with Crippen molar-refractivity contribution in [1.29, 1.82) is 0 Å². The Hall–Kier alpha value is -2.49. The quantitative estimate of drug-likeness (QED) is 0.746. The highest BCUT2D eigenvalue weighted by atomic mass is 16.5. The van der Waals surface area contributed by atoms with Crippen LogP contribution in [-0.2, 0) is 24.2 Å². The minimum Gasteiger partial charge on any atom is -0.481 e. The zero-order valence-corrected chi connectivity index (χ0v) is 17.5. The van der Waals surface area contributed by atoms with Gasteiger partial charge in [0.05, 0.1) is 0 Å². The number of fused-ring (bicyclic) bond motifs is 1. The molecule has 0 radical (unpaired) electrons. The lowest BCUT2D eigenvalue weighted by atomic mass is 9.92. The third-order valence-corrected chi connectivity index (χ3v) is 6.14. The van der Waals surface area contributed by atoms with Crippen LogP contribution in [0.2, 0.25) is 0 Å². The lowest BCUT2D eigenvalue weighted by molar-refractivity contribution is -0.128. The summed E-state index contributed by atoms with van der Waals surface area (Å²) < 4.78 is 6.05. The summed E-state index contributed by atoms with van der Waals surface area (Å²) in [5.74, 6) is 0.761. The molecule has 0 saturated carbocycles. The predicted octanol–water partition coefficient (Wildman–Crippen LogP) is 4.64. The fraction of sp³-hybridized carbons (Fsp3) is 0.480. The molecule has 2 aliphatic rings. The summed E-state index contributed by atoms with van der Waals surface area (Å²) in [5.41, 5.74) is 5.20. The number of nitrogens with one attached hydrogen (secondary N) is 1. The van der Waals surface area contributed by atoms with Crippen molar-refractivity contribution in [3.8, 4) is 5.75 Å². The SMILES string of the molecule is CCC(Oc1ccc2c(c1)CCCC2)C(=O)NCc1ccc(N2CCCC2)cc1. The van der Waals surface area contributed by atoms with Gasteiger partial charge in [-0.05, 0) is 85.9 Å². The van der Waals surface area contributed by atoms with Crippen molar-refractivity contribution in [2.24, 2.45) is 0 Å². The van der Waals surface area contributed by atoms with E-state index >= 15 is 0 Å². The number of aryl methyl sites for hydroxylation is 2. The average Bonchev–Trinajstić information content (AvgIpc) is 3.31. The third-order valence-electron chi connectivity index (χ3n) is 6.14. The number of anilines is 1. The van der Waals surface area contributed by atoms with Crippen LogP contribution in [-0.4, -0.2) is 25.1 Å². The van der Waals surface area contributed by atoms with E-state index in [-0.39, 0.29) is 5.91 Å². The van der Waals surface area contributed by atoms with E-state index in [1.54, 1.807) is 0 Å². The summed E-state index contributed by atoms with van der Waals surface area (Å²) >= 11 is 0. The summed E-state index contributed by atoms with van der Waals surface area (Å²) in [7, 11) is 0. The van der Waals surface area contributed by atoms with Crippen molar-refractivity contribution in [3.63, 3.8) is 0 Å². The maximum atomic E-state index is 12.7. The number of ether oxygens (including phenoxy) is 1. The second kappa shape index (κ2) is 9.34. The van der Waals surface area contributed by atoms with Gasteiger partial charge < -0.3 is 15.0 Å². The molecule has 1 aliphatic heterocycles. The summed E-state index contributed by atoms with van der Waals surface area (Å²) in [5, 5.41) is 3.04. The standard InChI is InChI=1S/C25H32N2O2/c1-2-24(29-23-14-11-20-7-3-4-8-21(20)17-23)25(28)26-18-19-9-12-22(13-10-19)27-15-5-6-16-27/h9-14,17,24H,2-8,15-16,18H2,1H3,(H,26,28). The number of carbonyl (C=O) groups excluding carboxylic acids is 1. The molecule has 1 saturated heterocycles. The first-order valence-corrected chi connectivity index (χ1v) is 11.1. The van der Waals surface area contributed by atoms with Crippen LogP contribution < -0.4 is 15.0 Å². The van der Waals surface area contributed by atoms with Crippen molar-refractivity contribution in [1.82, 2.24) is 5.32 Å². The highest BCUT2D eigenvalue weighted by Crippen LogP contribution is 2.26. The average molecular weight is 393 g/mol. The lowest BCUT2D eigenvalue weighted by Crippen LogP contribution is -2.37. The van der Waals surface area contributed by atoms with Crippen LogP contribution in [0.15, 0.2) is 42.5 Å². The largest absolute Gasteiger partial charge is 0.481 e. The first kappa shape index (κ1) is 19.8. The van der Waals surface area contributed by atoms with E-state index in [0.29, 0.717) is 13.0 Å². The van der Waals surface area contributed by atoms with Gasteiger partial charge >= 0.3 is 0 Å². The Labute approximate surface area is 174 Å². The third kappa shape index (κ3) is 4.92. The first-order valence-electron chi connectivity index (χ1n) is 11.1. The molecule has 2 aromatic rings. The van der Waals surface area contributed by atoms with Crippen LogP contribution in [0, 0.1) is 0 Å². The van der Waals surface area contributed by atoms with E-state index in [2.05, 4.69) is 46.6 Å². The Morgan fingerprint density at radius 3 is 2.45 bits per heavy atom. The van der Waals surface area contributed by atoms with Crippen molar-refractivity contribution in [2.45, 2.75) is 64.5 Å². The van der Waals surface area contributed by atoms with Crippen molar-refractivity contribution in [3.05, 3.63) is 59.2 Å². The van der Waals surface area contributed by atoms with Crippen LogP contribution in [0.25, 0.3) is 0 Å². The minimum atomic E-state index is -0.458. The number of amides is 1. The monoisotopic (exact) mass is 392 g/mol. The Morgan fingerprint density at radius 1 is 1.00 bits per heavy atom. The molecule has 0 spiro atoms. The van der Waals surface area contributed by atoms with Crippen LogP contribution in [0.3, 0.4) is 0 Å².